The molecule has 0 aliphatic heterocycles. The molecule has 0 saturated heterocycles. The Hall–Kier alpha value is -2.42. The van der Waals surface area contributed by atoms with Crippen molar-refractivity contribution >= 4 is 23.4 Å². The highest BCUT2D eigenvalue weighted by molar-refractivity contribution is 7.13. The minimum absolute atomic E-state index is 0.00943. The van der Waals surface area contributed by atoms with Crippen LogP contribution in [0.2, 0.25) is 0 Å². The summed E-state index contributed by atoms with van der Waals surface area (Å²) in [7, 11) is 0. The molecular weight excluding hydrogens is 346 g/mol. The van der Waals surface area contributed by atoms with E-state index in [-0.39, 0.29) is 18.9 Å². The Labute approximate surface area is 149 Å². The number of esters is 1. The van der Waals surface area contributed by atoms with Gasteiger partial charge in [0.15, 0.2) is 6.10 Å². The number of hydrogen-bond donors (Lipinski definition) is 1. The number of ether oxygens (including phenoxy) is 2. The Balaban J connectivity index is 1.76. The van der Waals surface area contributed by atoms with E-state index in [2.05, 4.69) is 15.5 Å². The Morgan fingerprint density at radius 1 is 1.36 bits per heavy atom. The molecule has 0 saturated carbocycles. The van der Waals surface area contributed by atoms with E-state index in [1.807, 2.05) is 17.5 Å². The van der Waals surface area contributed by atoms with Crippen molar-refractivity contribution in [2.45, 2.75) is 45.8 Å². The Bertz CT molecular complexity index is 706. The standard InChI is InChI=1S/C16H21N3O5S/c1-10(13-18-19-14(23-13)11-6-5-9-25-11)22-12(20)7-8-17-15(21)24-16(2,3)4/h5-6,9-10H,7-8H2,1-4H3,(H,17,21). The lowest BCUT2D eigenvalue weighted by Crippen LogP contribution is -2.33. The Morgan fingerprint density at radius 3 is 2.76 bits per heavy atom. The quantitative estimate of drug-likeness (QED) is 0.781. The van der Waals surface area contributed by atoms with Gasteiger partial charge in [0.1, 0.15) is 5.60 Å². The highest BCUT2D eigenvalue weighted by Gasteiger charge is 2.20. The van der Waals surface area contributed by atoms with Crippen LogP contribution in [0.25, 0.3) is 10.8 Å². The van der Waals surface area contributed by atoms with Crippen molar-refractivity contribution in [3.63, 3.8) is 0 Å². The van der Waals surface area contributed by atoms with Crippen molar-refractivity contribution in [1.82, 2.24) is 15.5 Å². The first kappa shape index (κ1) is 18.9. The Morgan fingerprint density at radius 2 is 2.12 bits per heavy atom. The maximum atomic E-state index is 11.8. The summed E-state index contributed by atoms with van der Waals surface area (Å²) >= 11 is 1.48. The molecule has 2 aromatic heterocycles. The molecule has 1 atom stereocenters. The van der Waals surface area contributed by atoms with Crippen molar-refractivity contribution in [2.75, 3.05) is 6.54 Å². The van der Waals surface area contributed by atoms with Crippen LogP contribution in [0.1, 0.15) is 46.1 Å². The van der Waals surface area contributed by atoms with E-state index in [0.29, 0.717) is 5.89 Å². The van der Waals surface area contributed by atoms with Crippen molar-refractivity contribution in [1.29, 1.82) is 0 Å². The van der Waals surface area contributed by atoms with Gasteiger partial charge in [-0.2, -0.15) is 0 Å². The third kappa shape index (κ3) is 6.18. The summed E-state index contributed by atoms with van der Waals surface area (Å²) in [5, 5.41) is 12.2. The van der Waals surface area contributed by atoms with Gasteiger partial charge < -0.3 is 19.2 Å². The van der Waals surface area contributed by atoms with Crippen LogP contribution in [0.5, 0.6) is 0 Å². The molecule has 2 aromatic rings. The number of nitrogens with one attached hydrogen (secondary N) is 1. The van der Waals surface area contributed by atoms with Gasteiger partial charge >= 0.3 is 12.1 Å². The van der Waals surface area contributed by atoms with Crippen molar-refractivity contribution < 1.29 is 23.5 Å². The van der Waals surface area contributed by atoms with E-state index in [0.717, 1.165) is 4.88 Å². The maximum Gasteiger partial charge on any atom is 0.407 e. The second kappa shape index (κ2) is 8.11. The average Bonchev–Trinajstić information content (AvgIpc) is 3.16. The monoisotopic (exact) mass is 367 g/mol. The zero-order chi connectivity index (χ0) is 18.4. The molecule has 9 heteroatoms. The van der Waals surface area contributed by atoms with Gasteiger partial charge in [-0.25, -0.2) is 4.79 Å². The number of hydrogen-bond acceptors (Lipinski definition) is 8. The van der Waals surface area contributed by atoms with Crippen molar-refractivity contribution in [3.8, 4) is 10.8 Å². The average molecular weight is 367 g/mol. The number of aromatic nitrogens is 2. The van der Waals surface area contributed by atoms with E-state index >= 15 is 0 Å². The van der Waals surface area contributed by atoms with Crippen LogP contribution in [-0.4, -0.2) is 34.4 Å². The molecule has 1 N–H and O–H groups in total. The lowest BCUT2D eigenvalue weighted by Gasteiger charge is -2.19. The van der Waals surface area contributed by atoms with Crippen molar-refractivity contribution in [3.05, 3.63) is 23.4 Å². The second-order valence-corrected chi connectivity index (χ2v) is 7.18. The number of amides is 1. The highest BCUT2D eigenvalue weighted by Crippen LogP contribution is 2.25. The fraction of sp³-hybridized carbons (Fsp3) is 0.500. The third-order valence-electron chi connectivity index (χ3n) is 2.83. The molecule has 0 aromatic carbocycles. The summed E-state index contributed by atoms with van der Waals surface area (Å²) in [6, 6.07) is 3.74. The fourth-order valence-electron chi connectivity index (χ4n) is 1.79. The third-order valence-corrected chi connectivity index (χ3v) is 3.68. The van der Waals surface area contributed by atoms with E-state index in [4.69, 9.17) is 13.9 Å². The van der Waals surface area contributed by atoms with Crippen LogP contribution in [0.3, 0.4) is 0 Å². The van der Waals surface area contributed by atoms with E-state index < -0.39 is 23.8 Å². The van der Waals surface area contributed by atoms with Gasteiger partial charge in [-0.05, 0) is 39.1 Å². The molecule has 2 rings (SSSR count). The summed E-state index contributed by atoms with van der Waals surface area (Å²) in [6.45, 7) is 7.04. The lowest BCUT2D eigenvalue weighted by molar-refractivity contribution is -0.149. The normalized spacial score (nSPS) is 12.5. The zero-order valence-corrected chi connectivity index (χ0v) is 15.4. The number of rotatable bonds is 6. The largest absolute Gasteiger partial charge is 0.453 e. The minimum Gasteiger partial charge on any atom is -0.453 e. The molecule has 0 spiro atoms. The lowest BCUT2D eigenvalue weighted by atomic mass is 10.2. The molecule has 1 unspecified atom stereocenters. The smallest absolute Gasteiger partial charge is 0.407 e. The minimum atomic E-state index is -0.671. The Kier molecular flexibility index (Phi) is 6.13. The summed E-state index contributed by atoms with van der Waals surface area (Å²) < 4.78 is 15.8. The number of carbonyl (C=O) groups is 2. The van der Waals surface area contributed by atoms with E-state index in [1.165, 1.54) is 11.3 Å². The predicted molar refractivity (Wildman–Crippen MR) is 91.0 cm³/mol. The van der Waals surface area contributed by atoms with Gasteiger partial charge in [-0.1, -0.05) is 6.07 Å². The van der Waals surface area contributed by atoms with Crippen LogP contribution in [0, 0.1) is 0 Å². The molecule has 0 aliphatic rings. The molecule has 0 radical (unpaired) electrons. The maximum absolute atomic E-state index is 11.8. The highest BCUT2D eigenvalue weighted by atomic mass is 32.1. The first-order valence-electron chi connectivity index (χ1n) is 7.78. The molecule has 8 nitrogen and oxygen atoms in total. The molecule has 136 valence electrons. The van der Waals surface area contributed by atoms with Crippen LogP contribution in [0.4, 0.5) is 4.79 Å². The van der Waals surface area contributed by atoms with Gasteiger partial charge in [-0.3, -0.25) is 4.79 Å². The number of alkyl carbamates (subject to hydrolysis) is 1. The first-order valence-corrected chi connectivity index (χ1v) is 8.66. The van der Waals surface area contributed by atoms with Crippen LogP contribution in [-0.2, 0) is 14.3 Å². The summed E-state index contributed by atoms with van der Waals surface area (Å²) in [4.78, 5) is 24.2. The molecule has 2 heterocycles. The molecule has 1 amide bonds. The molecule has 0 bridgehead atoms. The van der Waals surface area contributed by atoms with Gasteiger partial charge in [0.25, 0.3) is 11.8 Å². The van der Waals surface area contributed by atoms with Crippen LogP contribution < -0.4 is 5.32 Å². The van der Waals surface area contributed by atoms with Gasteiger partial charge in [0.05, 0.1) is 11.3 Å². The molecule has 25 heavy (non-hydrogen) atoms. The summed E-state index contributed by atoms with van der Waals surface area (Å²) in [5.74, 6) is 0.121. The predicted octanol–water partition coefficient (Wildman–Crippen LogP) is 3.32. The fourth-order valence-corrected chi connectivity index (χ4v) is 2.43. The topological polar surface area (TPSA) is 104 Å². The molecular formula is C16H21N3O5S. The van der Waals surface area contributed by atoms with Crippen LogP contribution in [0.15, 0.2) is 21.9 Å². The summed E-state index contributed by atoms with van der Waals surface area (Å²) in [5.41, 5.74) is -0.586. The van der Waals surface area contributed by atoms with Crippen molar-refractivity contribution in [2.24, 2.45) is 0 Å². The number of thiophene rings is 1. The zero-order valence-electron chi connectivity index (χ0n) is 14.6. The van der Waals surface area contributed by atoms with E-state index in [9.17, 15) is 9.59 Å². The molecule has 0 fully saturated rings. The number of carbonyl (C=O) groups excluding carboxylic acids is 2. The SMILES string of the molecule is CC(OC(=O)CCNC(=O)OC(C)(C)C)c1nnc(-c2cccs2)o1. The van der Waals surface area contributed by atoms with Gasteiger partial charge in [0.2, 0.25) is 0 Å². The number of nitrogens with zero attached hydrogens (tertiary/aromatic N) is 2. The van der Waals surface area contributed by atoms with Crippen LogP contribution >= 0.6 is 11.3 Å². The molecule has 0 aliphatic carbocycles. The van der Waals surface area contributed by atoms with Gasteiger partial charge in [0, 0.05) is 6.54 Å². The summed E-state index contributed by atoms with van der Waals surface area (Å²) in [6.07, 6.45) is -1.24. The van der Waals surface area contributed by atoms with E-state index in [1.54, 1.807) is 27.7 Å². The van der Waals surface area contributed by atoms with Gasteiger partial charge in [-0.15, -0.1) is 21.5 Å². The first-order chi connectivity index (χ1) is 11.7. The second-order valence-electron chi connectivity index (χ2n) is 6.23.